The number of fused-ring (bicyclic) bond motifs is 1. The number of rotatable bonds is 2. The molecule has 1 saturated carbocycles. The van der Waals surface area contributed by atoms with E-state index in [2.05, 4.69) is 6.07 Å². The fourth-order valence-corrected chi connectivity index (χ4v) is 2.45. The summed E-state index contributed by atoms with van der Waals surface area (Å²) in [6.07, 6.45) is 1.87. The highest BCUT2D eigenvalue weighted by atomic mass is 16.5. The molecule has 15 heavy (non-hydrogen) atoms. The van der Waals surface area contributed by atoms with Crippen molar-refractivity contribution in [2.45, 2.75) is 18.8 Å². The predicted octanol–water partition coefficient (Wildman–Crippen LogP) is 1.21. The third kappa shape index (κ3) is 1.30. The lowest BCUT2D eigenvalue weighted by molar-refractivity contribution is -0.119. The molecule has 1 unspecified atom stereocenters. The van der Waals surface area contributed by atoms with E-state index in [1.165, 1.54) is 11.1 Å². The Morgan fingerprint density at radius 1 is 1.47 bits per heavy atom. The Bertz CT molecular complexity index is 428. The zero-order valence-corrected chi connectivity index (χ0v) is 8.40. The van der Waals surface area contributed by atoms with Gasteiger partial charge in [0.15, 0.2) is 0 Å². The highest BCUT2D eigenvalue weighted by molar-refractivity contribution is 5.81. The minimum Gasteiger partial charge on any atom is -0.493 e. The van der Waals surface area contributed by atoms with Crippen LogP contribution in [0.4, 0.5) is 0 Å². The molecule has 2 aliphatic rings. The highest BCUT2D eigenvalue weighted by Crippen LogP contribution is 2.50. The first-order valence-electron chi connectivity index (χ1n) is 5.31. The number of amides is 1. The number of primary amides is 1. The van der Waals surface area contributed by atoms with E-state index >= 15 is 0 Å². The average Bonchev–Trinajstić information content (AvgIpc) is 2.87. The van der Waals surface area contributed by atoms with Gasteiger partial charge in [-0.3, -0.25) is 4.79 Å². The van der Waals surface area contributed by atoms with Gasteiger partial charge >= 0.3 is 0 Å². The molecule has 1 fully saturated rings. The van der Waals surface area contributed by atoms with Crippen LogP contribution in [0.15, 0.2) is 18.2 Å². The minimum atomic E-state index is -0.170. The van der Waals surface area contributed by atoms with Gasteiger partial charge in [-0.15, -0.1) is 0 Å². The summed E-state index contributed by atoms with van der Waals surface area (Å²) >= 11 is 0. The number of hydrogen-bond acceptors (Lipinski definition) is 2. The maximum atomic E-state index is 11.0. The second-order valence-corrected chi connectivity index (χ2v) is 4.27. The summed E-state index contributed by atoms with van der Waals surface area (Å²) in [5, 5.41) is 0. The molecule has 2 atom stereocenters. The molecular weight excluding hydrogens is 190 g/mol. The molecule has 1 heterocycles. The predicted molar refractivity (Wildman–Crippen MR) is 55.7 cm³/mol. The van der Waals surface area contributed by atoms with Gasteiger partial charge in [0.1, 0.15) is 5.75 Å². The monoisotopic (exact) mass is 203 g/mol. The molecule has 0 bridgehead atoms. The van der Waals surface area contributed by atoms with Crippen LogP contribution in [0, 0.1) is 5.92 Å². The van der Waals surface area contributed by atoms with Crippen LogP contribution >= 0.6 is 0 Å². The molecule has 2 N–H and O–H groups in total. The van der Waals surface area contributed by atoms with Crippen molar-refractivity contribution in [3.8, 4) is 5.75 Å². The minimum absolute atomic E-state index is 0.0529. The number of carbonyl (C=O) groups is 1. The van der Waals surface area contributed by atoms with Crippen LogP contribution in [0.2, 0.25) is 0 Å². The van der Waals surface area contributed by atoms with E-state index in [-0.39, 0.29) is 11.8 Å². The van der Waals surface area contributed by atoms with Gasteiger partial charge in [0, 0.05) is 17.9 Å². The smallest absolute Gasteiger partial charge is 0.221 e. The molecule has 0 saturated heterocycles. The summed E-state index contributed by atoms with van der Waals surface area (Å²) in [5.74, 6) is 1.22. The molecule has 1 amide bonds. The number of nitrogens with two attached hydrogens (primary N) is 1. The van der Waals surface area contributed by atoms with Gasteiger partial charge in [-0.05, 0) is 24.0 Å². The average molecular weight is 203 g/mol. The molecule has 1 aromatic rings. The number of carbonyl (C=O) groups excluding carboxylic acids is 1. The van der Waals surface area contributed by atoms with Crippen LogP contribution in [0.25, 0.3) is 0 Å². The van der Waals surface area contributed by atoms with E-state index < -0.39 is 0 Å². The molecule has 3 rings (SSSR count). The van der Waals surface area contributed by atoms with Crippen molar-refractivity contribution in [2.75, 3.05) is 6.61 Å². The van der Waals surface area contributed by atoms with Crippen LogP contribution in [-0.4, -0.2) is 12.5 Å². The van der Waals surface area contributed by atoms with E-state index in [4.69, 9.17) is 10.5 Å². The molecule has 3 heteroatoms. The zero-order chi connectivity index (χ0) is 10.4. The topological polar surface area (TPSA) is 52.3 Å². The summed E-state index contributed by atoms with van der Waals surface area (Å²) < 4.78 is 5.50. The van der Waals surface area contributed by atoms with Crippen molar-refractivity contribution in [3.05, 3.63) is 29.3 Å². The molecule has 78 valence electrons. The first kappa shape index (κ1) is 8.77. The van der Waals surface area contributed by atoms with E-state index in [1.54, 1.807) is 0 Å². The highest BCUT2D eigenvalue weighted by Gasteiger charge is 2.44. The maximum Gasteiger partial charge on any atom is 0.221 e. The summed E-state index contributed by atoms with van der Waals surface area (Å²) in [4.78, 5) is 11.0. The van der Waals surface area contributed by atoms with Crippen LogP contribution in [0.1, 0.15) is 23.5 Å². The van der Waals surface area contributed by atoms with E-state index in [0.717, 1.165) is 25.2 Å². The van der Waals surface area contributed by atoms with E-state index in [9.17, 15) is 4.79 Å². The van der Waals surface area contributed by atoms with Crippen molar-refractivity contribution >= 4 is 5.91 Å². The lowest BCUT2D eigenvalue weighted by atomic mass is 10.00. The van der Waals surface area contributed by atoms with Crippen LogP contribution in [-0.2, 0) is 11.2 Å². The van der Waals surface area contributed by atoms with Crippen molar-refractivity contribution < 1.29 is 9.53 Å². The number of hydrogen-bond donors (Lipinski definition) is 1. The lowest BCUT2D eigenvalue weighted by Crippen LogP contribution is -2.13. The van der Waals surface area contributed by atoms with Gasteiger partial charge in [0.2, 0.25) is 5.91 Å². The Morgan fingerprint density at radius 2 is 2.33 bits per heavy atom. The fraction of sp³-hybridized carbons (Fsp3) is 0.417. The van der Waals surface area contributed by atoms with Gasteiger partial charge < -0.3 is 10.5 Å². The normalized spacial score (nSPS) is 26.9. The van der Waals surface area contributed by atoms with Crippen LogP contribution in [0.5, 0.6) is 5.75 Å². The summed E-state index contributed by atoms with van der Waals surface area (Å²) in [7, 11) is 0. The van der Waals surface area contributed by atoms with Crippen molar-refractivity contribution in [2.24, 2.45) is 11.7 Å². The van der Waals surface area contributed by atoms with Crippen molar-refractivity contribution in [1.29, 1.82) is 0 Å². The third-order valence-corrected chi connectivity index (χ3v) is 3.33. The Hall–Kier alpha value is -1.51. The largest absolute Gasteiger partial charge is 0.493 e. The molecule has 3 nitrogen and oxygen atoms in total. The fourth-order valence-electron chi connectivity index (χ4n) is 2.45. The summed E-state index contributed by atoms with van der Waals surface area (Å²) in [6.45, 7) is 0.764. The van der Waals surface area contributed by atoms with Gasteiger partial charge in [0.25, 0.3) is 0 Å². The maximum absolute atomic E-state index is 11.0. The molecule has 1 aliphatic carbocycles. The van der Waals surface area contributed by atoms with E-state index in [1.807, 2.05) is 12.1 Å². The van der Waals surface area contributed by atoms with Crippen LogP contribution < -0.4 is 10.5 Å². The van der Waals surface area contributed by atoms with Crippen LogP contribution in [0.3, 0.4) is 0 Å². The molecule has 0 radical (unpaired) electrons. The molecular formula is C12H13NO2. The first-order valence-corrected chi connectivity index (χ1v) is 5.31. The SMILES string of the molecule is NC(=O)C1C[C@@H]1c1cccc2c1CCO2. The van der Waals surface area contributed by atoms with Gasteiger partial charge in [-0.2, -0.15) is 0 Å². The standard InChI is InChI=1S/C12H13NO2/c13-12(14)10-6-9(10)7-2-1-3-11-8(7)4-5-15-11/h1-3,9-10H,4-6H2,(H2,13,14)/t9-,10?/m1/s1. The Kier molecular flexibility index (Phi) is 1.75. The Morgan fingerprint density at radius 3 is 3.07 bits per heavy atom. The molecule has 0 spiro atoms. The first-order chi connectivity index (χ1) is 7.27. The number of ether oxygens (including phenoxy) is 1. The molecule has 1 aromatic carbocycles. The molecule has 1 aliphatic heterocycles. The number of benzene rings is 1. The Balaban J connectivity index is 1.94. The van der Waals surface area contributed by atoms with Gasteiger partial charge in [-0.25, -0.2) is 0 Å². The van der Waals surface area contributed by atoms with Gasteiger partial charge in [0.05, 0.1) is 6.61 Å². The second kappa shape index (κ2) is 2.99. The summed E-state index contributed by atoms with van der Waals surface area (Å²) in [5.41, 5.74) is 7.86. The molecule has 0 aromatic heterocycles. The quantitative estimate of drug-likeness (QED) is 0.785. The van der Waals surface area contributed by atoms with Crippen molar-refractivity contribution in [1.82, 2.24) is 0 Å². The second-order valence-electron chi connectivity index (χ2n) is 4.27. The summed E-state index contributed by atoms with van der Waals surface area (Å²) in [6, 6.07) is 6.09. The lowest BCUT2D eigenvalue weighted by Gasteiger charge is -2.05. The Labute approximate surface area is 88.2 Å². The zero-order valence-electron chi connectivity index (χ0n) is 8.40. The van der Waals surface area contributed by atoms with E-state index in [0.29, 0.717) is 5.92 Å². The van der Waals surface area contributed by atoms with Crippen molar-refractivity contribution in [3.63, 3.8) is 0 Å². The third-order valence-electron chi connectivity index (χ3n) is 3.33. The van der Waals surface area contributed by atoms with Gasteiger partial charge in [-0.1, -0.05) is 12.1 Å².